The molecule has 0 radical (unpaired) electrons. The number of nitrogen functional groups attached to an aromatic ring is 1. The molecule has 1 saturated heterocycles. The van der Waals surface area contributed by atoms with Crippen LogP contribution in [-0.2, 0) is 0 Å². The van der Waals surface area contributed by atoms with Gasteiger partial charge in [0.15, 0.2) is 0 Å². The fourth-order valence-corrected chi connectivity index (χ4v) is 1.98. The van der Waals surface area contributed by atoms with E-state index in [0.717, 1.165) is 32.4 Å². The molecular formula is C12H16FN3O. The van der Waals surface area contributed by atoms with E-state index in [1.54, 1.807) is 11.0 Å². The molecule has 2 amide bonds. The van der Waals surface area contributed by atoms with Gasteiger partial charge in [-0.1, -0.05) is 0 Å². The number of amides is 2. The molecule has 0 aliphatic carbocycles. The summed E-state index contributed by atoms with van der Waals surface area (Å²) in [5.41, 5.74) is 6.21. The number of urea groups is 1. The molecular weight excluding hydrogens is 221 g/mol. The first-order valence-corrected chi connectivity index (χ1v) is 5.77. The lowest BCUT2D eigenvalue weighted by atomic mass is 10.1. The molecule has 1 aromatic carbocycles. The second-order valence-corrected chi connectivity index (χ2v) is 4.25. The first kappa shape index (κ1) is 11.7. The summed E-state index contributed by atoms with van der Waals surface area (Å²) < 4.78 is 13.1. The molecule has 1 aliphatic heterocycles. The van der Waals surface area contributed by atoms with Gasteiger partial charge in [-0.25, -0.2) is 9.18 Å². The smallest absolute Gasteiger partial charge is 0.321 e. The normalized spacial score (nSPS) is 15.7. The van der Waals surface area contributed by atoms with Gasteiger partial charge in [-0.2, -0.15) is 0 Å². The number of piperidine rings is 1. The number of likely N-dealkylation sites (tertiary alicyclic amines) is 1. The third-order valence-corrected chi connectivity index (χ3v) is 2.81. The molecule has 0 unspecified atom stereocenters. The van der Waals surface area contributed by atoms with E-state index in [2.05, 4.69) is 5.32 Å². The number of carbonyl (C=O) groups is 1. The lowest BCUT2D eigenvalue weighted by Gasteiger charge is -2.26. The number of hydrogen-bond acceptors (Lipinski definition) is 2. The van der Waals surface area contributed by atoms with Crippen LogP contribution in [0.25, 0.3) is 0 Å². The third-order valence-electron chi connectivity index (χ3n) is 2.81. The average molecular weight is 237 g/mol. The maximum atomic E-state index is 13.1. The number of carbonyl (C=O) groups excluding carboxylic acids is 1. The van der Waals surface area contributed by atoms with Gasteiger partial charge in [0.2, 0.25) is 0 Å². The monoisotopic (exact) mass is 237 g/mol. The predicted octanol–water partition coefficient (Wildman–Crippen LogP) is 2.43. The minimum absolute atomic E-state index is 0.185. The van der Waals surface area contributed by atoms with E-state index in [0.29, 0.717) is 11.4 Å². The van der Waals surface area contributed by atoms with Gasteiger partial charge in [0, 0.05) is 24.5 Å². The maximum Gasteiger partial charge on any atom is 0.321 e. The molecule has 1 aromatic rings. The zero-order chi connectivity index (χ0) is 12.3. The van der Waals surface area contributed by atoms with Crippen LogP contribution in [0.4, 0.5) is 20.6 Å². The van der Waals surface area contributed by atoms with Crippen molar-refractivity contribution in [2.75, 3.05) is 24.1 Å². The Bertz CT molecular complexity index is 396. The summed E-state index contributed by atoms with van der Waals surface area (Å²) in [6.07, 6.45) is 3.22. The molecule has 3 N–H and O–H groups in total. The predicted molar refractivity (Wildman–Crippen MR) is 65.3 cm³/mol. The first-order chi connectivity index (χ1) is 8.15. The summed E-state index contributed by atoms with van der Waals surface area (Å²) in [4.78, 5) is 13.6. The SMILES string of the molecule is Nc1cc(F)cc(NC(=O)N2CCCCC2)c1. The van der Waals surface area contributed by atoms with Crippen LogP contribution < -0.4 is 11.1 Å². The van der Waals surface area contributed by atoms with Gasteiger partial charge in [0.1, 0.15) is 5.82 Å². The van der Waals surface area contributed by atoms with Crippen LogP contribution in [0.1, 0.15) is 19.3 Å². The van der Waals surface area contributed by atoms with Crippen molar-refractivity contribution in [3.05, 3.63) is 24.0 Å². The van der Waals surface area contributed by atoms with Crippen LogP contribution in [0.15, 0.2) is 18.2 Å². The summed E-state index contributed by atoms with van der Waals surface area (Å²) in [7, 11) is 0. The van der Waals surface area contributed by atoms with Crippen LogP contribution >= 0.6 is 0 Å². The Morgan fingerprint density at radius 3 is 2.59 bits per heavy atom. The highest BCUT2D eigenvalue weighted by atomic mass is 19.1. The van der Waals surface area contributed by atoms with Gasteiger partial charge in [-0.05, 0) is 37.5 Å². The van der Waals surface area contributed by atoms with Gasteiger partial charge >= 0.3 is 6.03 Å². The summed E-state index contributed by atoms with van der Waals surface area (Å²) in [6, 6.07) is 3.84. The van der Waals surface area contributed by atoms with E-state index in [4.69, 9.17) is 5.73 Å². The van der Waals surface area contributed by atoms with E-state index in [9.17, 15) is 9.18 Å². The first-order valence-electron chi connectivity index (χ1n) is 5.77. The molecule has 2 rings (SSSR count). The number of benzene rings is 1. The lowest BCUT2D eigenvalue weighted by Crippen LogP contribution is -2.38. The van der Waals surface area contributed by atoms with Crippen molar-refractivity contribution in [2.24, 2.45) is 0 Å². The van der Waals surface area contributed by atoms with Crippen LogP contribution in [-0.4, -0.2) is 24.0 Å². The Labute approximate surface area is 99.6 Å². The fourth-order valence-electron chi connectivity index (χ4n) is 1.98. The van der Waals surface area contributed by atoms with Gasteiger partial charge in [-0.3, -0.25) is 0 Å². The second kappa shape index (κ2) is 5.03. The van der Waals surface area contributed by atoms with E-state index in [-0.39, 0.29) is 6.03 Å². The van der Waals surface area contributed by atoms with Crippen molar-refractivity contribution in [1.29, 1.82) is 0 Å². The van der Waals surface area contributed by atoms with Gasteiger partial charge in [0.25, 0.3) is 0 Å². The minimum Gasteiger partial charge on any atom is -0.399 e. The molecule has 1 aliphatic rings. The van der Waals surface area contributed by atoms with E-state index in [1.807, 2.05) is 0 Å². The molecule has 5 heteroatoms. The molecule has 0 aromatic heterocycles. The van der Waals surface area contributed by atoms with Crippen molar-refractivity contribution in [3.63, 3.8) is 0 Å². The molecule has 0 bridgehead atoms. The maximum absolute atomic E-state index is 13.1. The van der Waals surface area contributed by atoms with Crippen LogP contribution in [0.2, 0.25) is 0 Å². The Hall–Kier alpha value is -1.78. The highest BCUT2D eigenvalue weighted by molar-refractivity contribution is 5.89. The number of hydrogen-bond donors (Lipinski definition) is 2. The quantitative estimate of drug-likeness (QED) is 0.737. The molecule has 17 heavy (non-hydrogen) atoms. The zero-order valence-electron chi connectivity index (χ0n) is 9.58. The van der Waals surface area contributed by atoms with Crippen molar-refractivity contribution in [2.45, 2.75) is 19.3 Å². The minimum atomic E-state index is -0.445. The number of halogens is 1. The Morgan fingerprint density at radius 2 is 1.94 bits per heavy atom. The second-order valence-electron chi connectivity index (χ2n) is 4.25. The van der Waals surface area contributed by atoms with E-state index < -0.39 is 5.82 Å². The molecule has 0 atom stereocenters. The summed E-state index contributed by atoms with van der Waals surface area (Å²) in [5.74, 6) is -0.445. The van der Waals surface area contributed by atoms with Crippen LogP contribution in [0.3, 0.4) is 0 Å². The molecule has 1 fully saturated rings. The van der Waals surface area contributed by atoms with E-state index in [1.165, 1.54) is 12.1 Å². The third kappa shape index (κ3) is 3.09. The summed E-state index contributed by atoms with van der Waals surface area (Å²) >= 11 is 0. The summed E-state index contributed by atoms with van der Waals surface area (Å²) in [6.45, 7) is 1.52. The molecule has 4 nitrogen and oxygen atoms in total. The zero-order valence-corrected chi connectivity index (χ0v) is 9.58. The van der Waals surface area contributed by atoms with E-state index >= 15 is 0 Å². The standard InChI is InChI=1S/C12H16FN3O/c13-9-6-10(14)8-11(7-9)15-12(17)16-4-2-1-3-5-16/h6-8H,1-5,14H2,(H,15,17). The number of nitrogens with one attached hydrogen (secondary N) is 1. The molecule has 0 saturated carbocycles. The number of anilines is 2. The molecule has 1 heterocycles. The highest BCUT2D eigenvalue weighted by Crippen LogP contribution is 2.17. The number of nitrogens with zero attached hydrogens (tertiary/aromatic N) is 1. The number of nitrogens with two attached hydrogens (primary N) is 1. The largest absolute Gasteiger partial charge is 0.399 e. The Morgan fingerprint density at radius 1 is 1.24 bits per heavy atom. The van der Waals surface area contributed by atoms with Crippen LogP contribution in [0, 0.1) is 5.82 Å². The Kier molecular flexibility index (Phi) is 3.46. The van der Waals surface area contributed by atoms with Crippen molar-refractivity contribution < 1.29 is 9.18 Å². The average Bonchev–Trinajstić information content (AvgIpc) is 2.28. The topological polar surface area (TPSA) is 58.4 Å². The van der Waals surface area contributed by atoms with Gasteiger partial charge < -0.3 is 16.0 Å². The van der Waals surface area contributed by atoms with Crippen molar-refractivity contribution in [1.82, 2.24) is 4.90 Å². The molecule has 92 valence electrons. The number of rotatable bonds is 1. The lowest BCUT2D eigenvalue weighted by molar-refractivity contribution is 0.200. The Balaban J connectivity index is 2.01. The van der Waals surface area contributed by atoms with Crippen molar-refractivity contribution >= 4 is 17.4 Å². The fraction of sp³-hybridized carbons (Fsp3) is 0.417. The highest BCUT2D eigenvalue weighted by Gasteiger charge is 2.16. The summed E-state index contributed by atoms with van der Waals surface area (Å²) in [5, 5.41) is 2.66. The van der Waals surface area contributed by atoms with Crippen LogP contribution in [0.5, 0.6) is 0 Å². The molecule has 0 spiro atoms. The van der Waals surface area contributed by atoms with Crippen molar-refractivity contribution in [3.8, 4) is 0 Å². The van der Waals surface area contributed by atoms with Gasteiger partial charge in [0.05, 0.1) is 0 Å². The van der Waals surface area contributed by atoms with Gasteiger partial charge in [-0.15, -0.1) is 0 Å².